The molecule has 0 bridgehead atoms. The van der Waals surface area contributed by atoms with E-state index in [0.29, 0.717) is 0 Å². The zero-order valence-corrected chi connectivity index (χ0v) is 17.6. The van der Waals surface area contributed by atoms with Crippen molar-refractivity contribution in [3.63, 3.8) is 0 Å². The van der Waals surface area contributed by atoms with Gasteiger partial charge in [-0.05, 0) is 36.4 Å². The van der Waals surface area contributed by atoms with E-state index in [4.69, 9.17) is 0 Å². The summed E-state index contributed by atoms with van der Waals surface area (Å²) in [6.07, 6.45) is 8.45. The summed E-state index contributed by atoms with van der Waals surface area (Å²) >= 11 is 0. The zero-order valence-electron chi connectivity index (χ0n) is 14.2. The summed E-state index contributed by atoms with van der Waals surface area (Å²) in [5.74, 6) is -3.51. The Labute approximate surface area is 178 Å². The Morgan fingerprint density at radius 1 is 0.500 bits per heavy atom. The van der Waals surface area contributed by atoms with Gasteiger partial charge in [0, 0.05) is 53.9 Å². The van der Waals surface area contributed by atoms with E-state index in [9.17, 15) is 29.7 Å². The summed E-state index contributed by atoms with van der Waals surface area (Å²) in [5, 5.41) is 30.2. The second kappa shape index (κ2) is 13.9. The Balaban J connectivity index is 0.000000384. The van der Waals surface area contributed by atoms with Gasteiger partial charge in [-0.2, -0.15) is 0 Å². The first kappa shape index (κ1) is 24.7. The number of carboxylic acids is 3. The van der Waals surface area contributed by atoms with Crippen molar-refractivity contribution >= 4 is 44.1 Å². The van der Waals surface area contributed by atoms with E-state index in [1.54, 1.807) is 0 Å². The number of pyridine rings is 3. The number of aromatic nitrogens is 3. The van der Waals surface area contributed by atoms with Crippen LogP contribution >= 0.6 is 0 Å². The fraction of sp³-hybridized carbons (Fsp3) is 0. The van der Waals surface area contributed by atoms with Crippen LogP contribution < -0.4 is 15.3 Å². The molecule has 9 nitrogen and oxygen atoms in total. The van der Waals surface area contributed by atoms with Gasteiger partial charge in [-0.3, -0.25) is 15.0 Å². The van der Waals surface area contributed by atoms with Crippen LogP contribution in [0.5, 0.6) is 0 Å². The van der Waals surface area contributed by atoms with E-state index < -0.39 is 17.9 Å². The molecule has 0 N–H and O–H groups in total. The third-order valence-electron chi connectivity index (χ3n) is 2.75. The molecule has 0 aliphatic carbocycles. The van der Waals surface area contributed by atoms with Crippen LogP contribution in [0, 0.1) is 0 Å². The molecule has 3 heterocycles. The molecular weight excluding hydrogens is 563 g/mol. The van der Waals surface area contributed by atoms with Gasteiger partial charge in [0.15, 0.2) is 0 Å². The molecule has 3 aromatic rings. The predicted octanol–water partition coefficient (Wildman–Crippen LogP) is -2.05. The number of hydrogen-bond acceptors (Lipinski definition) is 9. The SMILES string of the molecule is O=C([O-])c1ccncc1.O=C([O-])c1ccncc1.O=C([O-])c1ccncc1.[Bi+3]. The third kappa shape index (κ3) is 10.0. The summed E-state index contributed by atoms with van der Waals surface area (Å²) in [6, 6.07) is 8.31. The minimum atomic E-state index is -1.17. The Kier molecular flexibility index (Phi) is 12.3. The van der Waals surface area contributed by atoms with Crippen molar-refractivity contribution in [3.05, 3.63) is 90.3 Å². The molecule has 3 aromatic heterocycles. The summed E-state index contributed by atoms with van der Waals surface area (Å²) in [6.45, 7) is 0. The monoisotopic (exact) mass is 575 g/mol. The van der Waals surface area contributed by atoms with Gasteiger partial charge in [-0.25, -0.2) is 0 Å². The van der Waals surface area contributed by atoms with Crippen molar-refractivity contribution in [3.8, 4) is 0 Å². The Morgan fingerprint density at radius 3 is 0.786 bits per heavy atom. The van der Waals surface area contributed by atoms with Crippen LogP contribution in [0.25, 0.3) is 0 Å². The summed E-state index contributed by atoms with van der Waals surface area (Å²) < 4.78 is 0. The van der Waals surface area contributed by atoms with E-state index >= 15 is 0 Å². The Hall–Kier alpha value is -3.26. The van der Waals surface area contributed by atoms with Crippen LogP contribution in [0.2, 0.25) is 0 Å². The van der Waals surface area contributed by atoms with Crippen molar-refractivity contribution < 1.29 is 29.7 Å². The molecule has 3 rings (SSSR count). The topological polar surface area (TPSA) is 159 Å². The van der Waals surface area contributed by atoms with Crippen LogP contribution in [0.4, 0.5) is 0 Å². The molecule has 0 atom stereocenters. The normalized spacial score (nSPS) is 8.57. The van der Waals surface area contributed by atoms with Gasteiger partial charge in [0.2, 0.25) is 0 Å². The van der Waals surface area contributed by atoms with Crippen LogP contribution in [-0.4, -0.2) is 59.1 Å². The summed E-state index contributed by atoms with van der Waals surface area (Å²) in [4.78, 5) is 41.1. The van der Waals surface area contributed by atoms with Gasteiger partial charge in [0.25, 0.3) is 0 Å². The smallest absolute Gasteiger partial charge is 0.545 e. The van der Waals surface area contributed by atoms with Crippen LogP contribution in [0.3, 0.4) is 0 Å². The molecule has 0 aliphatic heterocycles. The van der Waals surface area contributed by atoms with Gasteiger partial charge in [0.05, 0.1) is 17.9 Å². The fourth-order valence-corrected chi connectivity index (χ4v) is 1.46. The summed E-state index contributed by atoms with van der Waals surface area (Å²) in [7, 11) is 0. The molecule has 140 valence electrons. The van der Waals surface area contributed by atoms with E-state index in [-0.39, 0.29) is 42.9 Å². The first-order chi connectivity index (χ1) is 12.9. The van der Waals surface area contributed by atoms with Gasteiger partial charge < -0.3 is 29.7 Å². The number of carbonyl (C=O) groups is 3. The first-order valence-corrected chi connectivity index (χ1v) is 7.26. The number of aromatic carboxylic acids is 3. The average Bonchev–Trinajstić information content (AvgIpc) is 2.71. The van der Waals surface area contributed by atoms with Crippen molar-refractivity contribution in [2.45, 2.75) is 0 Å². The third-order valence-corrected chi connectivity index (χ3v) is 2.75. The van der Waals surface area contributed by atoms with E-state index in [1.165, 1.54) is 73.6 Å². The van der Waals surface area contributed by atoms with Crippen molar-refractivity contribution in [2.75, 3.05) is 0 Å². The van der Waals surface area contributed by atoms with E-state index in [1.807, 2.05) is 0 Å². The molecule has 0 aliphatic rings. The summed E-state index contributed by atoms with van der Waals surface area (Å²) in [5.41, 5.74) is 0.472. The molecule has 0 fully saturated rings. The largest absolute Gasteiger partial charge is 3.00 e. The quantitative estimate of drug-likeness (QED) is 0.321. The van der Waals surface area contributed by atoms with Gasteiger partial charge in [-0.15, -0.1) is 0 Å². The molecule has 0 amide bonds. The maximum Gasteiger partial charge on any atom is 3.00 e. The second-order valence-electron chi connectivity index (χ2n) is 4.57. The van der Waals surface area contributed by atoms with Gasteiger partial charge in [0.1, 0.15) is 0 Å². The number of rotatable bonds is 3. The Morgan fingerprint density at radius 2 is 0.679 bits per heavy atom. The molecule has 28 heavy (non-hydrogen) atoms. The zero-order chi connectivity index (χ0) is 20.1. The average molecular weight is 575 g/mol. The van der Waals surface area contributed by atoms with Crippen molar-refractivity contribution in [2.24, 2.45) is 0 Å². The molecule has 0 spiro atoms. The standard InChI is InChI=1S/3C6H5NO2.Bi/c3*8-6(9)5-1-3-7-4-2-5;/h3*1-4H,(H,8,9);/q;;;+3/p-3. The number of hydrogen-bond donors (Lipinski definition) is 0. The first-order valence-electron chi connectivity index (χ1n) is 7.26. The minimum Gasteiger partial charge on any atom is -0.545 e. The van der Waals surface area contributed by atoms with Crippen molar-refractivity contribution in [1.29, 1.82) is 0 Å². The minimum absolute atomic E-state index is 0. The predicted molar refractivity (Wildman–Crippen MR) is 91.5 cm³/mol. The fourth-order valence-electron chi connectivity index (χ4n) is 1.46. The van der Waals surface area contributed by atoms with E-state index in [2.05, 4.69) is 15.0 Å². The van der Waals surface area contributed by atoms with Gasteiger partial charge in [-0.1, -0.05) is 0 Å². The van der Waals surface area contributed by atoms with Gasteiger partial charge >= 0.3 is 26.2 Å². The maximum atomic E-state index is 10.1. The van der Waals surface area contributed by atoms with Crippen LogP contribution in [0.15, 0.2) is 73.6 Å². The second-order valence-corrected chi connectivity index (χ2v) is 4.57. The Bertz CT molecular complexity index is 747. The molecule has 0 unspecified atom stereocenters. The maximum absolute atomic E-state index is 10.1. The molecule has 0 aromatic carbocycles. The van der Waals surface area contributed by atoms with Crippen molar-refractivity contribution in [1.82, 2.24) is 15.0 Å². The molecule has 0 saturated heterocycles. The van der Waals surface area contributed by atoms with E-state index in [0.717, 1.165) is 0 Å². The number of carbonyl (C=O) groups excluding carboxylic acids is 3. The van der Waals surface area contributed by atoms with Crippen LogP contribution in [-0.2, 0) is 0 Å². The number of carboxylic acid groups (broad SMARTS) is 3. The number of nitrogens with zero attached hydrogens (tertiary/aromatic N) is 3. The molecule has 0 saturated carbocycles. The van der Waals surface area contributed by atoms with Crippen LogP contribution in [0.1, 0.15) is 31.1 Å². The molecular formula is C18H12BiN3O6. The molecule has 2 radical (unpaired) electrons. The molecule has 10 heteroatoms.